The molecule has 2 N–H and O–H groups in total. The molecule has 0 saturated heterocycles. The van der Waals surface area contributed by atoms with Crippen LogP contribution < -0.4 is 5.73 Å². The van der Waals surface area contributed by atoms with E-state index in [1.165, 1.54) is 15.3 Å². The van der Waals surface area contributed by atoms with E-state index in [0.29, 0.717) is 0 Å². The predicted molar refractivity (Wildman–Crippen MR) is 46.6 cm³/mol. The second-order valence-corrected chi connectivity index (χ2v) is 3.84. The minimum atomic E-state index is 0.765. The summed E-state index contributed by atoms with van der Waals surface area (Å²) in [5, 5.41) is 0. The summed E-state index contributed by atoms with van der Waals surface area (Å²) in [4.78, 5) is 2.83. The first-order valence-electron chi connectivity index (χ1n) is 3.50. The third kappa shape index (κ3) is 1.58. The van der Waals surface area contributed by atoms with E-state index >= 15 is 0 Å². The molecular weight excluding hydrogens is 142 g/mol. The van der Waals surface area contributed by atoms with Gasteiger partial charge in [-0.3, -0.25) is 0 Å². The summed E-state index contributed by atoms with van der Waals surface area (Å²) in [5.41, 5.74) is 6.84. The molecule has 1 aromatic rings. The van der Waals surface area contributed by atoms with Crippen molar-refractivity contribution in [1.82, 2.24) is 0 Å². The molecule has 0 aliphatic rings. The van der Waals surface area contributed by atoms with Gasteiger partial charge in [0.1, 0.15) is 0 Å². The fraction of sp³-hybridized carbons (Fsp3) is 0.500. The van der Waals surface area contributed by atoms with Crippen molar-refractivity contribution in [3.63, 3.8) is 0 Å². The molecule has 56 valence electrons. The van der Waals surface area contributed by atoms with Crippen molar-refractivity contribution in [3.8, 4) is 0 Å². The molecule has 10 heavy (non-hydrogen) atoms. The van der Waals surface area contributed by atoms with Gasteiger partial charge in [-0.1, -0.05) is 0 Å². The smallest absolute Gasteiger partial charge is 0.00897 e. The molecule has 0 bridgehead atoms. The van der Waals surface area contributed by atoms with Gasteiger partial charge < -0.3 is 5.73 Å². The SMILES string of the molecule is Cc1cc(C)c(CCN)s1. The summed E-state index contributed by atoms with van der Waals surface area (Å²) in [6.45, 7) is 5.05. The largest absolute Gasteiger partial charge is 0.330 e. The van der Waals surface area contributed by atoms with Crippen molar-refractivity contribution in [2.45, 2.75) is 20.3 Å². The lowest BCUT2D eigenvalue weighted by Gasteiger charge is -1.92. The Morgan fingerprint density at radius 3 is 2.60 bits per heavy atom. The topological polar surface area (TPSA) is 26.0 Å². The lowest BCUT2D eigenvalue weighted by atomic mass is 10.2. The highest BCUT2D eigenvalue weighted by Crippen LogP contribution is 2.20. The quantitative estimate of drug-likeness (QED) is 0.693. The average molecular weight is 155 g/mol. The molecule has 2 heteroatoms. The Balaban J connectivity index is 2.81. The van der Waals surface area contributed by atoms with Crippen LogP contribution in [0, 0.1) is 13.8 Å². The zero-order valence-electron chi connectivity index (χ0n) is 6.48. The fourth-order valence-corrected chi connectivity index (χ4v) is 2.13. The minimum absolute atomic E-state index is 0.765. The normalized spacial score (nSPS) is 10.3. The Bertz CT molecular complexity index is 215. The molecule has 0 atom stereocenters. The highest BCUT2D eigenvalue weighted by atomic mass is 32.1. The van der Waals surface area contributed by atoms with Crippen molar-refractivity contribution in [2.24, 2.45) is 5.73 Å². The first-order chi connectivity index (χ1) is 4.74. The molecule has 0 aliphatic heterocycles. The Labute approximate surface area is 65.9 Å². The van der Waals surface area contributed by atoms with Gasteiger partial charge in [-0.2, -0.15) is 0 Å². The van der Waals surface area contributed by atoms with E-state index in [-0.39, 0.29) is 0 Å². The van der Waals surface area contributed by atoms with Crippen molar-refractivity contribution >= 4 is 11.3 Å². The van der Waals surface area contributed by atoms with E-state index in [4.69, 9.17) is 5.73 Å². The van der Waals surface area contributed by atoms with Crippen LogP contribution in [0.5, 0.6) is 0 Å². The first kappa shape index (κ1) is 7.76. The summed E-state index contributed by atoms with van der Waals surface area (Å²) >= 11 is 1.86. The maximum Gasteiger partial charge on any atom is 0.00897 e. The summed E-state index contributed by atoms with van der Waals surface area (Å²) in [5.74, 6) is 0. The Kier molecular flexibility index (Phi) is 2.46. The van der Waals surface area contributed by atoms with Gasteiger partial charge in [0.05, 0.1) is 0 Å². The second-order valence-electron chi connectivity index (χ2n) is 2.50. The molecular formula is C8H13NS. The number of rotatable bonds is 2. The van der Waals surface area contributed by atoms with Crippen LogP contribution in [0.4, 0.5) is 0 Å². The van der Waals surface area contributed by atoms with Gasteiger partial charge in [0.2, 0.25) is 0 Å². The van der Waals surface area contributed by atoms with Crippen molar-refractivity contribution < 1.29 is 0 Å². The summed E-state index contributed by atoms with van der Waals surface area (Å²) < 4.78 is 0. The Morgan fingerprint density at radius 1 is 1.50 bits per heavy atom. The van der Waals surface area contributed by atoms with E-state index in [1.54, 1.807) is 0 Å². The number of hydrogen-bond donors (Lipinski definition) is 1. The first-order valence-corrected chi connectivity index (χ1v) is 4.31. The van der Waals surface area contributed by atoms with Gasteiger partial charge in [-0.05, 0) is 38.4 Å². The van der Waals surface area contributed by atoms with Gasteiger partial charge >= 0.3 is 0 Å². The van der Waals surface area contributed by atoms with Gasteiger partial charge in [0.25, 0.3) is 0 Å². The summed E-state index contributed by atoms with van der Waals surface area (Å²) in [6.07, 6.45) is 1.03. The van der Waals surface area contributed by atoms with Crippen LogP contribution in [0.3, 0.4) is 0 Å². The molecule has 0 fully saturated rings. The van der Waals surface area contributed by atoms with E-state index in [9.17, 15) is 0 Å². The highest BCUT2D eigenvalue weighted by Gasteiger charge is 1.99. The van der Waals surface area contributed by atoms with Crippen LogP contribution in [-0.2, 0) is 6.42 Å². The third-order valence-electron chi connectivity index (χ3n) is 1.52. The zero-order chi connectivity index (χ0) is 7.56. The second kappa shape index (κ2) is 3.17. The minimum Gasteiger partial charge on any atom is -0.330 e. The zero-order valence-corrected chi connectivity index (χ0v) is 7.29. The molecule has 0 radical (unpaired) electrons. The maximum absolute atomic E-state index is 5.45. The van der Waals surface area contributed by atoms with Gasteiger partial charge in [-0.25, -0.2) is 0 Å². The molecule has 0 aromatic carbocycles. The van der Waals surface area contributed by atoms with Crippen LogP contribution in [0.25, 0.3) is 0 Å². The van der Waals surface area contributed by atoms with Crippen LogP contribution in [-0.4, -0.2) is 6.54 Å². The van der Waals surface area contributed by atoms with Crippen molar-refractivity contribution in [2.75, 3.05) is 6.54 Å². The molecule has 1 aromatic heterocycles. The summed E-state index contributed by atoms with van der Waals surface area (Å²) in [6, 6.07) is 2.22. The molecule has 0 spiro atoms. The molecule has 1 heterocycles. The number of aryl methyl sites for hydroxylation is 2. The van der Waals surface area contributed by atoms with Crippen molar-refractivity contribution in [1.29, 1.82) is 0 Å². The van der Waals surface area contributed by atoms with Crippen molar-refractivity contribution in [3.05, 3.63) is 21.4 Å². The van der Waals surface area contributed by atoms with Crippen LogP contribution in [0.2, 0.25) is 0 Å². The monoisotopic (exact) mass is 155 g/mol. The molecule has 0 aliphatic carbocycles. The maximum atomic E-state index is 5.45. The molecule has 1 nitrogen and oxygen atoms in total. The number of hydrogen-bond acceptors (Lipinski definition) is 2. The van der Waals surface area contributed by atoms with Gasteiger partial charge in [0.15, 0.2) is 0 Å². The standard InChI is InChI=1S/C8H13NS/c1-6-5-7(2)10-8(6)3-4-9/h5H,3-4,9H2,1-2H3. The molecule has 0 unspecified atom stereocenters. The predicted octanol–water partition coefficient (Wildman–Crippen LogP) is 1.87. The van der Waals surface area contributed by atoms with Crippen LogP contribution >= 0.6 is 11.3 Å². The Morgan fingerprint density at radius 2 is 2.20 bits per heavy atom. The lowest BCUT2D eigenvalue weighted by molar-refractivity contribution is 0.980. The van der Waals surface area contributed by atoms with E-state index in [0.717, 1.165) is 13.0 Å². The average Bonchev–Trinajstić information content (AvgIpc) is 2.13. The lowest BCUT2D eigenvalue weighted by Crippen LogP contribution is -2.01. The van der Waals surface area contributed by atoms with Gasteiger partial charge in [0, 0.05) is 9.75 Å². The summed E-state index contributed by atoms with van der Waals surface area (Å²) in [7, 11) is 0. The van der Waals surface area contributed by atoms with E-state index in [2.05, 4.69) is 19.9 Å². The molecule has 0 saturated carbocycles. The molecule has 0 amide bonds. The van der Waals surface area contributed by atoms with Crippen LogP contribution in [0.1, 0.15) is 15.3 Å². The fourth-order valence-electron chi connectivity index (χ4n) is 1.07. The third-order valence-corrected chi connectivity index (χ3v) is 2.73. The van der Waals surface area contributed by atoms with E-state index in [1.807, 2.05) is 11.3 Å². The Hall–Kier alpha value is -0.340. The number of thiophene rings is 1. The van der Waals surface area contributed by atoms with Gasteiger partial charge in [-0.15, -0.1) is 11.3 Å². The van der Waals surface area contributed by atoms with Crippen LogP contribution in [0.15, 0.2) is 6.07 Å². The molecule has 1 rings (SSSR count). The van der Waals surface area contributed by atoms with E-state index < -0.39 is 0 Å². The highest BCUT2D eigenvalue weighted by molar-refractivity contribution is 7.12. The number of nitrogens with two attached hydrogens (primary N) is 1.